The summed E-state index contributed by atoms with van der Waals surface area (Å²) in [5.74, 6) is 1.01. The summed E-state index contributed by atoms with van der Waals surface area (Å²) in [5.41, 5.74) is 5.20. The van der Waals surface area contributed by atoms with Gasteiger partial charge in [0.05, 0.1) is 0 Å². The predicted molar refractivity (Wildman–Crippen MR) is 39.3 cm³/mol. The normalized spacial score (nSPS) is 8.71. The Labute approximate surface area is 52.1 Å². The third-order valence-electron chi connectivity index (χ3n) is 0.337. The maximum atomic E-state index is 5.20. The van der Waals surface area contributed by atoms with E-state index in [0.717, 1.165) is 12.3 Å². The zero-order valence-corrected chi connectivity index (χ0v) is 5.73. The molecule has 0 saturated heterocycles. The molecule has 0 aliphatic carbocycles. The maximum Gasteiger partial charge on any atom is 0.0163 e. The lowest BCUT2D eigenvalue weighted by Gasteiger charge is -1.87. The second-order valence-electron chi connectivity index (χ2n) is 0.874. The molecule has 0 fully saturated rings. The van der Waals surface area contributed by atoms with Gasteiger partial charge in [-0.2, -0.15) is 0 Å². The summed E-state index contributed by atoms with van der Waals surface area (Å²) < 4.78 is 0. The van der Waals surface area contributed by atoms with Crippen LogP contribution in [0.2, 0.25) is 0 Å². The second-order valence-corrected chi connectivity index (χ2v) is 3.33. The van der Waals surface area contributed by atoms with Gasteiger partial charge in [0.1, 0.15) is 0 Å². The number of rotatable bonds is 4. The van der Waals surface area contributed by atoms with Crippen molar-refractivity contribution in [3.8, 4) is 0 Å². The molecule has 0 radical (unpaired) electrons. The van der Waals surface area contributed by atoms with Crippen LogP contribution in [0, 0.1) is 0 Å². The van der Waals surface area contributed by atoms with Gasteiger partial charge in [0.2, 0.25) is 0 Å². The minimum atomic E-state index is 0.755. The summed E-state index contributed by atoms with van der Waals surface area (Å²) in [6.45, 7) is 4.29. The number of hydrogen-bond acceptors (Lipinski definition) is 3. The molecule has 0 amide bonds. The highest BCUT2D eigenvalue weighted by Crippen LogP contribution is 2.19. The van der Waals surface area contributed by atoms with Gasteiger partial charge in [0.25, 0.3) is 0 Å². The first-order chi connectivity index (χ1) is 3.41. The SMILES string of the molecule is C=CSSCCN. The van der Waals surface area contributed by atoms with Crippen molar-refractivity contribution < 1.29 is 0 Å². The minimum Gasteiger partial charge on any atom is -0.330 e. The molecule has 0 saturated carbocycles. The molecule has 0 unspecified atom stereocenters. The van der Waals surface area contributed by atoms with Gasteiger partial charge >= 0.3 is 0 Å². The predicted octanol–water partition coefficient (Wildman–Crippen LogP) is 1.47. The summed E-state index contributed by atoms with van der Waals surface area (Å²) in [4.78, 5) is 0. The highest BCUT2D eigenvalue weighted by Gasteiger charge is 1.78. The smallest absolute Gasteiger partial charge is 0.0163 e. The van der Waals surface area contributed by atoms with Gasteiger partial charge in [-0.25, -0.2) is 0 Å². The van der Waals surface area contributed by atoms with Crippen LogP contribution in [0.3, 0.4) is 0 Å². The van der Waals surface area contributed by atoms with Gasteiger partial charge in [-0.05, 0) is 5.41 Å². The maximum absolute atomic E-state index is 5.20. The van der Waals surface area contributed by atoms with E-state index in [0.29, 0.717) is 0 Å². The van der Waals surface area contributed by atoms with Crippen LogP contribution in [0.4, 0.5) is 0 Å². The molecular formula is C4H9NS2. The van der Waals surface area contributed by atoms with Crippen LogP contribution in [0.15, 0.2) is 12.0 Å². The van der Waals surface area contributed by atoms with Crippen LogP contribution in [-0.4, -0.2) is 12.3 Å². The van der Waals surface area contributed by atoms with Gasteiger partial charge < -0.3 is 5.73 Å². The van der Waals surface area contributed by atoms with Crippen LogP contribution in [0.5, 0.6) is 0 Å². The summed E-state index contributed by atoms with van der Waals surface area (Å²) in [6.07, 6.45) is 0. The molecule has 0 aromatic rings. The van der Waals surface area contributed by atoms with Crippen molar-refractivity contribution in [3.05, 3.63) is 12.0 Å². The molecule has 7 heavy (non-hydrogen) atoms. The molecular weight excluding hydrogens is 126 g/mol. The Morgan fingerprint density at radius 2 is 2.43 bits per heavy atom. The molecule has 0 rings (SSSR count). The first-order valence-electron chi connectivity index (χ1n) is 2.01. The Bertz CT molecular complexity index is 47.0. The molecule has 0 aromatic carbocycles. The first-order valence-corrected chi connectivity index (χ1v) is 4.39. The fraction of sp³-hybridized carbons (Fsp3) is 0.500. The highest BCUT2D eigenvalue weighted by molar-refractivity contribution is 8.77. The lowest BCUT2D eigenvalue weighted by atomic mass is 10.8. The van der Waals surface area contributed by atoms with E-state index in [1.165, 1.54) is 0 Å². The third-order valence-corrected chi connectivity index (χ3v) is 2.33. The second kappa shape index (κ2) is 6.40. The molecule has 0 atom stereocenters. The minimum absolute atomic E-state index is 0.755. The summed E-state index contributed by atoms with van der Waals surface area (Å²) >= 11 is 0. The molecule has 3 heteroatoms. The van der Waals surface area contributed by atoms with Gasteiger partial charge in [-0.3, -0.25) is 0 Å². The number of hydrogen-bond donors (Lipinski definition) is 1. The van der Waals surface area contributed by atoms with E-state index in [1.807, 2.05) is 0 Å². The average molecular weight is 135 g/mol. The van der Waals surface area contributed by atoms with E-state index in [9.17, 15) is 0 Å². The number of nitrogens with two attached hydrogens (primary N) is 1. The Hall–Kier alpha value is 0.400. The van der Waals surface area contributed by atoms with Crippen molar-refractivity contribution in [1.29, 1.82) is 0 Å². The Balaban J connectivity index is 2.56. The quantitative estimate of drug-likeness (QED) is 0.467. The van der Waals surface area contributed by atoms with E-state index in [4.69, 9.17) is 5.73 Å². The molecule has 0 bridgehead atoms. The van der Waals surface area contributed by atoms with E-state index in [2.05, 4.69) is 6.58 Å². The summed E-state index contributed by atoms with van der Waals surface area (Å²) in [6, 6.07) is 0. The molecule has 0 aliphatic rings. The Morgan fingerprint density at radius 3 is 2.86 bits per heavy atom. The topological polar surface area (TPSA) is 26.0 Å². The van der Waals surface area contributed by atoms with Gasteiger partial charge in [-0.1, -0.05) is 28.2 Å². The van der Waals surface area contributed by atoms with Crippen molar-refractivity contribution in [3.63, 3.8) is 0 Å². The Morgan fingerprint density at radius 1 is 1.71 bits per heavy atom. The van der Waals surface area contributed by atoms with E-state index < -0.39 is 0 Å². The Kier molecular flexibility index (Phi) is 6.77. The summed E-state index contributed by atoms with van der Waals surface area (Å²) in [7, 11) is 3.36. The van der Waals surface area contributed by atoms with Crippen molar-refractivity contribution in [2.45, 2.75) is 0 Å². The molecule has 42 valence electrons. The average Bonchev–Trinajstić information content (AvgIpc) is 1.69. The largest absolute Gasteiger partial charge is 0.330 e. The molecule has 0 aromatic heterocycles. The molecule has 0 spiro atoms. The lowest BCUT2D eigenvalue weighted by Crippen LogP contribution is -1.99. The molecule has 0 heterocycles. The standard InChI is InChI=1S/C4H9NS2/c1-2-6-7-4-3-5/h2H,1,3-5H2. The van der Waals surface area contributed by atoms with E-state index in [1.54, 1.807) is 27.0 Å². The van der Waals surface area contributed by atoms with Gasteiger partial charge in [0.15, 0.2) is 0 Å². The van der Waals surface area contributed by atoms with Crippen molar-refractivity contribution in [2.75, 3.05) is 12.3 Å². The zero-order chi connectivity index (χ0) is 5.54. The van der Waals surface area contributed by atoms with Crippen LogP contribution >= 0.6 is 21.6 Å². The zero-order valence-electron chi connectivity index (χ0n) is 4.09. The molecule has 2 N–H and O–H groups in total. The van der Waals surface area contributed by atoms with Gasteiger partial charge in [-0.15, -0.1) is 0 Å². The van der Waals surface area contributed by atoms with E-state index in [-0.39, 0.29) is 0 Å². The van der Waals surface area contributed by atoms with Crippen LogP contribution in [0.25, 0.3) is 0 Å². The van der Waals surface area contributed by atoms with E-state index >= 15 is 0 Å². The van der Waals surface area contributed by atoms with Crippen LogP contribution in [0.1, 0.15) is 0 Å². The first kappa shape index (κ1) is 7.40. The van der Waals surface area contributed by atoms with Crippen molar-refractivity contribution in [1.82, 2.24) is 0 Å². The molecule has 0 aliphatic heterocycles. The van der Waals surface area contributed by atoms with Gasteiger partial charge in [0, 0.05) is 12.3 Å². The van der Waals surface area contributed by atoms with Crippen molar-refractivity contribution in [2.24, 2.45) is 5.73 Å². The fourth-order valence-electron chi connectivity index (χ4n) is 0.144. The van der Waals surface area contributed by atoms with Crippen molar-refractivity contribution >= 4 is 21.6 Å². The summed E-state index contributed by atoms with van der Waals surface area (Å²) in [5, 5.41) is 1.81. The lowest BCUT2D eigenvalue weighted by molar-refractivity contribution is 1.16. The van der Waals surface area contributed by atoms with Crippen LogP contribution < -0.4 is 5.73 Å². The monoisotopic (exact) mass is 135 g/mol. The third kappa shape index (κ3) is 6.40. The van der Waals surface area contributed by atoms with Crippen LogP contribution in [-0.2, 0) is 0 Å². The fourth-order valence-corrected chi connectivity index (χ4v) is 1.30. The highest BCUT2D eigenvalue weighted by atomic mass is 33.1. The molecule has 1 nitrogen and oxygen atoms in total.